The lowest BCUT2D eigenvalue weighted by molar-refractivity contribution is -0.254. The van der Waals surface area contributed by atoms with Crippen molar-refractivity contribution in [3.05, 3.63) is 53.6 Å². The molecule has 1 amide bonds. The Kier molecular flexibility index (Phi) is 6.54. The topological polar surface area (TPSA) is 105 Å². The molecule has 0 bridgehead atoms. The molecule has 2 rings (SSSR count). The molecule has 0 saturated carbocycles. The van der Waals surface area contributed by atoms with E-state index in [1.807, 2.05) is 12.1 Å². The quantitative estimate of drug-likeness (QED) is 0.591. The maximum Gasteiger partial charge on any atom is 0.308 e. The van der Waals surface area contributed by atoms with Gasteiger partial charge in [-0.2, -0.15) is 0 Å². The highest BCUT2D eigenvalue weighted by Crippen LogP contribution is 2.22. The Bertz CT molecular complexity index is 842. The number of carbonyl (C=O) groups excluding carboxylic acids is 3. The number of carbonyl (C=O) groups is 3. The minimum Gasteiger partial charge on any atom is -0.545 e. The molecule has 0 atom stereocenters. The number of benzene rings is 2. The first-order valence-electron chi connectivity index (χ1n) is 8.32. The normalized spacial score (nSPS) is 10.4. The van der Waals surface area contributed by atoms with Crippen LogP contribution >= 0.6 is 0 Å². The number of ether oxygens (including phenoxy) is 2. The SMILES string of the molecule is CC(=O)Oc1ccc(NC(=O)COc2ccc(C(C)C)cc2)c(C(=O)[O-])c1. The fourth-order valence-electron chi connectivity index (χ4n) is 2.31. The van der Waals surface area contributed by atoms with E-state index in [0.717, 1.165) is 11.6 Å². The van der Waals surface area contributed by atoms with E-state index in [2.05, 4.69) is 19.2 Å². The molecule has 0 saturated heterocycles. The van der Waals surface area contributed by atoms with E-state index in [1.54, 1.807) is 12.1 Å². The van der Waals surface area contributed by atoms with Crippen LogP contribution in [0.2, 0.25) is 0 Å². The minimum atomic E-state index is -1.51. The van der Waals surface area contributed by atoms with E-state index >= 15 is 0 Å². The predicted molar refractivity (Wildman–Crippen MR) is 96.7 cm³/mol. The second-order valence-corrected chi connectivity index (χ2v) is 6.15. The number of amides is 1. The maximum atomic E-state index is 12.1. The van der Waals surface area contributed by atoms with E-state index in [4.69, 9.17) is 9.47 Å². The van der Waals surface area contributed by atoms with Crippen molar-refractivity contribution in [3.63, 3.8) is 0 Å². The third-order valence-corrected chi connectivity index (χ3v) is 3.66. The summed E-state index contributed by atoms with van der Waals surface area (Å²) in [7, 11) is 0. The molecule has 7 nitrogen and oxygen atoms in total. The second kappa shape index (κ2) is 8.84. The van der Waals surface area contributed by atoms with Gasteiger partial charge in [0.05, 0.1) is 11.7 Å². The van der Waals surface area contributed by atoms with Gasteiger partial charge in [-0.05, 0) is 41.8 Å². The summed E-state index contributed by atoms with van der Waals surface area (Å²) in [5, 5.41) is 13.7. The van der Waals surface area contributed by atoms with Crippen molar-refractivity contribution < 1.29 is 29.0 Å². The van der Waals surface area contributed by atoms with Gasteiger partial charge in [-0.1, -0.05) is 26.0 Å². The van der Waals surface area contributed by atoms with Crippen LogP contribution in [0.1, 0.15) is 42.6 Å². The number of rotatable bonds is 7. The summed E-state index contributed by atoms with van der Waals surface area (Å²) in [5.41, 5.74) is 0.872. The van der Waals surface area contributed by atoms with Gasteiger partial charge in [0, 0.05) is 12.5 Å². The molecule has 2 aromatic rings. The Balaban J connectivity index is 2.02. The molecule has 0 aliphatic carbocycles. The number of hydrogen-bond acceptors (Lipinski definition) is 6. The number of carboxylic acid groups (broad SMARTS) is 1. The highest BCUT2D eigenvalue weighted by atomic mass is 16.5. The molecular formula is C20H20NO6-. The highest BCUT2D eigenvalue weighted by molar-refractivity contribution is 6.00. The zero-order chi connectivity index (χ0) is 20.0. The van der Waals surface area contributed by atoms with Crippen molar-refractivity contribution in [2.24, 2.45) is 0 Å². The van der Waals surface area contributed by atoms with Crippen LogP contribution in [-0.4, -0.2) is 24.5 Å². The summed E-state index contributed by atoms with van der Waals surface area (Å²) in [4.78, 5) is 34.3. The molecule has 0 spiro atoms. The third kappa shape index (κ3) is 5.85. The van der Waals surface area contributed by atoms with E-state index < -0.39 is 17.8 Å². The monoisotopic (exact) mass is 370 g/mol. The van der Waals surface area contributed by atoms with Gasteiger partial charge in [0.25, 0.3) is 5.91 Å². The average Bonchev–Trinajstić information content (AvgIpc) is 2.61. The van der Waals surface area contributed by atoms with Gasteiger partial charge in [0.15, 0.2) is 6.61 Å². The van der Waals surface area contributed by atoms with Crippen LogP contribution in [-0.2, 0) is 9.59 Å². The lowest BCUT2D eigenvalue weighted by Crippen LogP contribution is -2.26. The number of carboxylic acids is 1. The van der Waals surface area contributed by atoms with Crippen LogP contribution in [0, 0.1) is 0 Å². The van der Waals surface area contributed by atoms with E-state index in [-0.39, 0.29) is 23.6 Å². The van der Waals surface area contributed by atoms with Gasteiger partial charge >= 0.3 is 5.97 Å². The standard InChI is InChI=1S/C20H21NO6/c1-12(2)14-4-6-15(7-5-14)26-11-19(23)21-18-9-8-16(27-13(3)22)10-17(18)20(24)25/h4-10,12H,11H2,1-3H3,(H,21,23)(H,24,25)/p-1. The Morgan fingerprint density at radius 3 is 2.22 bits per heavy atom. The fraction of sp³-hybridized carbons (Fsp3) is 0.250. The molecule has 2 aromatic carbocycles. The predicted octanol–water partition coefficient (Wildman–Crippen LogP) is 2.12. The van der Waals surface area contributed by atoms with Gasteiger partial charge in [-0.15, -0.1) is 0 Å². The van der Waals surface area contributed by atoms with Gasteiger partial charge in [0.2, 0.25) is 0 Å². The van der Waals surface area contributed by atoms with Crippen molar-refractivity contribution in [2.75, 3.05) is 11.9 Å². The van der Waals surface area contributed by atoms with Gasteiger partial charge in [-0.3, -0.25) is 9.59 Å². The Labute approximate surface area is 156 Å². The zero-order valence-electron chi connectivity index (χ0n) is 15.3. The van der Waals surface area contributed by atoms with E-state index in [1.165, 1.54) is 19.1 Å². The second-order valence-electron chi connectivity index (χ2n) is 6.15. The molecule has 0 heterocycles. The molecule has 0 aliphatic heterocycles. The van der Waals surface area contributed by atoms with Crippen LogP contribution < -0.4 is 19.9 Å². The van der Waals surface area contributed by atoms with E-state index in [0.29, 0.717) is 11.7 Å². The number of nitrogens with one attached hydrogen (secondary N) is 1. The van der Waals surface area contributed by atoms with E-state index in [9.17, 15) is 19.5 Å². The summed E-state index contributed by atoms with van der Waals surface area (Å²) >= 11 is 0. The van der Waals surface area contributed by atoms with Gasteiger partial charge in [0.1, 0.15) is 11.5 Å². The summed E-state index contributed by atoms with van der Waals surface area (Å²) in [6.45, 7) is 5.05. The lowest BCUT2D eigenvalue weighted by atomic mass is 10.0. The third-order valence-electron chi connectivity index (χ3n) is 3.66. The summed E-state index contributed by atoms with van der Waals surface area (Å²) in [6.07, 6.45) is 0. The molecule has 0 aromatic heterocycles. The Morgan fingerprint density at radius 1 is 1.04 bits per heavy atom. The van der Waals surface area contributed by atoms with Crippen LogP contribution in [0.4, 0.5) is 5.69 Å². The summed E-state index contributed by atoms with van der Waals surface area (Å²) in [5.74, 6) is -1.68. The first-order chi connectivity index (χ1) is 12.8. The molecule has 27 heavy (non-hydrogen) atoms. The maximum absolute atomic E-state index is 12.1. The molecule has 0 aliphatic rings. The molecule has 0 radical (unpaired) electrons. The number of esters is 1. The average molecular weight is 370 g/mol. The van der Waals surface area contributed by atoms with Crippen molar-refractivity contribution in [1.82, 2.24) is 0 Å². The largest absolute Gasteiger partial charge is 0.545 e. The number of hydrogen-bond donors (Lipinski definition) is 1. The van der Waals surface area contributed by atoms with Crippen LogP contribution in [0.5, 0.6) is 11.5 Å². The van der Waals surface area contributed by atoms with Crippen LogP contribution in [0.15, 0.2) is 42.5 Å². The molecule has 0 unspecified atom stereocenters. The zero-order valence-corrected chi connectivity index (χ0v) is 15.3. The lowest BCUT2D eigenvalue weighted by Gasteiger charge is -2.14. The highest BCUT2D eigenvalue weighted by Gasteiger charge is 2.11. The minimum absolute atomic E-state index is 0.0228. The molecule has 142 valence electrons. The summed E-state index contributed by atoms with van der Waals surface area (Å²) < 4.78 is 10.2. The van der Waals surface area contributed by atoms with Crippen LogP contribution in [0.3, 0.4) is 0 Å². The Hall–Kier alpha value is -3.35. The van der Waals surface area contributed by atoms with Crippen molar-refractivity contribution >= 4 is 23.5 Å². The number of aromatic carboxylic acids is 1. The number of anilines is 1. The smallest absolute Gasteiger partial charge is 0.308 e. The van der Waals surface area contributed by atoms with Crippen molar-refractivity contribution in [1.29, 1.82) is 0 Å². The fourth-order valence-corrected chi connectivity index (χ4v) is 2.31. The summed E-state index contributed by atoms with van der Waals surface area (Å²) in [6, 6.07) is 11.2. The molecular weight excluding hydrogens is 350 g/mol. The first kappa shape index (κ1) is 20.0. The molecule has 7 heteroatoms. The molecule has 1 N–H and O–H groups in total. The van der Waals surface area contributed by atoms with Crippen molar-refractivity contribution in [3.8, 4) is 11.5 Å². The Morgan fingerprint density at radius 2 is 1.67 bits per heavy atom. The first-order valence-corrected chi connectivity index (χ1v) is 8.32. The van der Waals surface area contributed by atoms with Crippen LogP contribution in [0.25, 0.3) is 0 Å². The molecule has 0 fully saturated rings. The van der Waals surface area contributed by atoms with Crippen molar-refractivity contribution in [2.45, 2.75) is 26.7 Å². The van der Waals surface area contributed by atoms with Gasteiger partial charge < -0.3 is 24.7 Å². The van der Waals surface area contributed by atoms with Gasteiger partial charge in [-0.25, -0.2) is 0 Å².